The van der Waals surface area contributed by atoms with Gasteiger partial charge in [0.25, 0.3) is 0 Å². The van der Waals surface area contributed by atoms with E-state index in [1.165, 1.54) is 9.36 Å². The van der Waals surface area contributed by atoms with E-state index >= 15 is 0 Å². The van der Waals surface area contributed by atoms with Crippen LogP contribution in [-0.4, -0.2) is 25.6 Å². The van der Waals surface area contributed by atoms with Crippen molar-refractivity contribution >= 4 is 0 Å². The maximum atomic E-state index is 11.6. The molecule has 14 heavy (non-hydrogen) atoms. The smallest absolute Gasteiger partial charge is 0.347 e. The van der Waals surface area contributed by atoms with Gasteiger partial charge in [0.15, 0.2) is 0 Å². The summed E-state index contributed by atoms with van der Waals surface area (Å²) in [4.78, 5) is 23.2. The molecule has 6 heteroatoms. The lowest BCUT2D eigenvalue weighted by atomic mass is 10.4. The molecule has 2 rings (SSSR count). The molecule has 0 amide bonds. The van der Waals surface area contributed by atoms with Gasteiger partial charge in [-0.25, -0.2) is 23.5 Å². The largest absolute Gasteiger partial charge is 0.395 e. The third kappa shape index (κ3) is 1.15. The molecular weight excluding hydrogens is 186 g/mol. The third-order valence-corrected chi connectivity index (χ3v) is 2.24. The first-order valence-corrected chi connectivity index (χ1v) is 4.42. The van der Waals surface area contributed by atoms with Crippen molar-refractivity contribution in [1.29, 1.82) is 0 Å². The van der Waals surface area contributed by atoms with E-state index in [9.17, 15) is 9.59 Å². The van der Waals surface area contributed by atoms with Gasteiger partial charge in [-0.05, 0) is 0 Å². The minimum atomic E-state index is -0.353. The summed E-state index contributed by atoms with van der Waals surface area (Å²) in [5.41, 5.74) is -0.707. The van der Waals surface area contributed by atoms with E-state index in [-0.39, 0.29) is 24.5 Å². The highest BCUT2D eigenvalue weighted by molar-refractivity contribution is 4.90. The summed E-state index contributed by atoms with van der Waals surface area (Å²) >= 11 is 0. The molecule has 0 spiro atoms. The summed E-state index contributed by atoms with van der Waals surface area (Å²) in [6.07, 6.45) is 3.67. The minimum absolute atomic E-state index is 0.0602. The summed E-state index contributed by atoms with van der Waals surface area (Å²) in [6, 6.07) is 0. The summed E-state index contributed by atoms with van der Waals surface area (Å²) < 4.78 is 3.79. The Morgan fingerprint density at radius 2 is 1.64 bits per heavy atom. The van der Waals surface area contributed by atoms with Gasteiger partial charge in [0, 0.05) is 0 Å². The Balaban J connectivity index is 2.60. The molecule has 0 fully saturated rings. The molecule has 1 aromatic heterocycles. The maximum absolute atomic E-state index is 11.6. The third-order valence-electron chi connectivity index (χ3n) is 2.24. The highest BCUT2D eigenvalue weighted by Crippen LogP contribution is 1.92. The molecule has 1 aliphatic heterocycles. The van der Waals surface area contributed by atoms with Crippen molar-refractivity contribution in [2.45, 2.75) is 19.6 Å². The van der Waals surface area contributed by atoms with Gasteiger partial charge in [0.05, 0.1) is 26.2 Å². The highest BCUT2D eigenvalue weighted by atomic mass is 16.3. The van der Waals surface area contributed by atoms with Crippen LogP contribution in [0.25, 0.3) is 0 Å². The summed E-state index contributed by atoms with van der Waals surface area (Å²) in [6.45, 7) is 0.705. The molecule has 1 aromatic rings. The van der Waals surface area contributed by atoms with Gasteiger partial charge in [-0.1, -0.05) is 12.2 Å². The zero-order chi connectivity index (χ0) is 10.1. The minimum Gasteiger partial charge on any atom is -0.395 e. The Morgan fingerprint density at radius 3 is 2.07 bits per heavy atom. The first-order valence-electron chi connectivity index (χ1n) is 4.42. The first kappa shape index (κ1) is 9.01. The SMILES string of the molecule is O=c1n(CCO)c(=O)n2n1CC=CC2. The number of hydrogen-bond acceptors (Lipinski definition) is 3. The van der Waals surface area contributed by atoms with Gasteiger partial charge < -0.3 is 5.11 Å². The van der Waals surface area contributed by atoms with Crippen molar-refractivity contribution in [3.63, 3.8) is 0 Å². The van der Waals surface area contributed by atoms with Crippen molar-refractivity contribution in [3.05, 3.63) is 33.1 Å². The molecule has 0 saturated heterocycles. The zero-order valence-electron chi connectivity index (χ0n) is 7.59. The van der Waals surface area contributed by atoms with E-state index in [1.54, 1.807) is 0 Å². The second-order valence-corrected chi connectivity index (χ2v) is 3.08. The second-order valence-electron chi connectivity index (χ2n) is 3.08. The molecule has 6 nitrogen and oxygen atoms in total. The first-order chi connectivity index (χ1) is 6.75. The molecule has 0 aliphatic carbocycles. The fourth-order valence-electron chi connectivity index (χ4n) is 1.56. The highest BCUT2D eigenvalue weighted by Gasteiger charge is 2.15. The Morgan fingerprint density at radius 1 is 1.14 bits per heavy atom. The van der Waals surface area contributed by atoms with E-state index in [2.05, 4.69) is 0 Å². The molecule has 0 bridgehead atoms. The van der Waals surface area contributed by atoms with Crippen LogP contribution in [0.1, 0.15) is 0 Å². The van der Waals surface area contributed by atoms with Gasteiger partial charge in [-0.2, -0.15) is 0 Å². The van der Waals surface area contributed by atoms with Gasteiger partial charge >= 0.3 is 11.4 Å². The second kappa shape index (κ2) is 3.30. The van der Waals surface area contributed by atoms with Crippen LogP contribution in [0.2, 0.25) is 0 Å². The average Bonchev–Trinajstić information content (AvgIpc) is 2.45. The number of rotatable bonds is 2. The average molecular weight is 197 g/mol. The van der Waals surface area contributed by atoms with Gasteiger partial charge in [0.1, 0.15) is 0 Å². The lowest BCUT2D eigenvalue weighted by Gasteiger charge is -2.08. The van der Waals surface area contributed by atoms with Crippen LogP contribution in [0.15, 0.2) is 21.7 Å². The Labute approximate surface area is 79.3 Å². The van der Waals surface area contributed by atoms with E-state index in [0.717, 1.165) is 4.57 Å². The molecule has 1 aliphatic rings. The lowest BCUT2D eigenvalue weighted by Crippen LogP contribution is -2.30. The molecule has 76 valence electrons. The van der Waals surface area contributed by atoms with Gasteiger partial charge in [-0.3, -0.25) is 0 Å². The zero-order valence-corrected chi connectivity index (χ0v) is 7.59. The molecule has 0 aromatic carbocycles. The molecule has 0 unspecified atom stereocenters. The standard InChI is InChI=1S/C8H11N3O3/c12-6-5-9-7(13)10-3-1-2-4-11(10)8(9)14/h1-2,12H,3-6H2. The van der Waals surface area contributed by atoms with Crippen LogP contribution in [0.3, 0.4) is 0 Å². The van der Waals surface area contributed by atoms with E-state index < -0.39 is 0 Å². The van der Waals surface area contributed by atoms with Crippen LogP contribution in [0, 0.1) is 0 Å². The van der Waals surface area contributed by atoms with E-state index in [1.807, 2.05) is 12.2 Å². The van der Waals surface area contributed by atoms with E-state index in [0.29, 0.717) is 13.1 Å². The van der Waals surface area contributed by atoms with Crippen LogP contribution in [0.4, 0.5) is 0 Å². The fourth-order valence-corrected chi connectivity index (χ4v) is 1.56. The number of allylic oxidation sites excluding steroid dienone is 2. The number of aliphatic hydroxyl groups is 1. The Kier molecular flexibility index (Phi) is 2.12. The fraction of sp³-hybridized carbons (Fsp3) is 0.500. The molecular formula is C8H11N3O3. The van der Waals surface area contributed by atoms with Crippen LogP contribution in [0.5, 0.6) is 0 Å². The molecule has 0 atom stereocenters. The van der Waals surface area contributed by atoms with Crippen molar-refractivity contribution in [1.82, 2.24) is 13.9 Å². The maximum Gasteiger partial charge on any atom is 0.347 e. The number of nitrogens with zero attached hydrogens (tertiary/aromatic N) is 3. The quantitative estimate of drug-likeness (QED) is 0.579. The van der Waals surface area contributed by atoms with Crippen molar-refractivity contribution in [2.24, 2.45) is 0 Å². The molecule has 0 saturated carbocycles. The molecule has 2 heterocycles. The molecule has 1 N–H and O–H groups in total. The lowest BCUT2D eigenvalue weighted by molar-refractivity contribution is 0.272. The number of hydrogen-bond donors (Lipinski definition) is 1. The number of aromatic nitrogens is 3. The Hall–Kier alpha value is -1.56. The van der Waals surface area contributed by atoms with Crippen molar-refractivity contribution < 1.29 is 5.11 Å². The summed E-state index contributed by atoms with van der Waals surface area (Å²) in [5.74, 6) is 0. The normalized spacial score (nSPS) is 14.4. The summed E-state index contributed by atoms with van der Waals surface area (Å²) in [7, 11) is 0. The Bertz CT molecular complexity index is 438. The van der Waals surface area contributed by atoms with Crippen LogP contribution < -0.4 is 11.4 Å². The van der Waals surface area contributed by atoms with Crippen molar-refractivity contribution in [2.75, 3.05) is 6.61 Å². The predicted molar refractivity (Wildman–Crippen MR) is 49.2 cm³/mol. The van der Waals surface area contributed by atoms with Crippen molar-refractivity contribution in [3.8, 4) is 0 Å². The van der Waals surface area contributed by atoms with E-state index in [4.69, 9.17) is 5.11 Å². The number of aliphatic hydroxyl groups excluding tert-OH is 1. The van der Waals surface area contributed by atoms with Crippen LogP contribution >= 0.6 is 0 Å². The summed E-state index contributed by atoms with van der Waals surface area (Å²) in [5, 5.41) is 8.70. The van der Waals surface area contributed by atoms with Gasteiger partial charge in [0.2, 0.25) is 0 Å². The number of fused-ring (bicyclic) bond motifs is 1. The topological polar surface area (TPSA) is 69.2 Å². The van der Waals surface area contributed by atoms with Gasteiger partial charge in [-0.15, -0.1) is 0 Å². The monoisotopic (exact) mass is 197 g/mol. The molecule has 0 radical (unpaired) electrons. The predicted octanol–water partition coefficient (Wildman–Crippen LogP) is -1.63. The van der Waals surface area contributed by atoms with Crippen LogP contribution in [-0.2, 0) is 19.6 Å².